The maximum atomic E-state index is 3.61. The third-order valence-electron chi connectivity index (χ3n) is 3.35. The van der Waals surface area contributed by atoms with Crippen molar-refractivity contribution < 1.29 is 0 Å². The van der Waals surface area contributed by atoms with Gasteiger partial charge in [0.2, 0.25) is 0 Å². The first-order chi connectivity index (χ1) is 8.77. The second kappa shape index (κ2) is 7.53. The van der Waals surface area contributed by atoms with Gasteiger partial charge in [0.05, 0.1) is 0 Å². The average molecular weight is 329 g/mol. The van der Waals surface area contributed by atoms with Gasteiger partial charge in [0, 0.05) is 48.2 Å². The normalized spacial score (nSPS) is 18.8. The van der Waals surface area contributed by atoms with Crippen LogP contribution in [-0.2, 0) is 0 Å². The minimum atomic E-state index is 0.403. The molecule has 1 aliphatic heterocycles. The number of halogens is 1. The van der Waals surface area contributed by atoms with E-state index < -0.39 is 0 Å². The topological polar surface area (TPSA) is 15.3 Å². The Morgan fingerprint density at radius 3 is 2.78 bits per heavy atom. The van der Waals surface area contributed by atoms with Gasteiger partial charge in [-0.05, 0) is 18.6 Å². The van der Waals surface area contributed by atoms with E-state index in [9.17, 15) is 0 Å². The molecule has 100 valence electrons. The first kappa shape index (κ1) is 14.4. The Morgan fingerprint density at radius 1 is 1.33 bits per heavy atom. The number of nitrogens with zero attached hydrogens (tertiary/aromatic N) is 1. The zero-order valence-corrected chi connectivity index (χ0v) is 13.3. The van der Waals surface area contributed by atoms with Crippen molar-refractivity contribution in [3.63, 3.8) is 0 Å². The summed E-state index contributed by atoms with van der Waals surface area (Å²) in [5, 5.41) is 3.61. The molecule has 1 atom stereocenters. The number of hydrogen-bond acceptors (Lipinski definition) is 3. The van der Waals surface area contributed by atoms with Crippen molar-refractivity contribution in [1.82, 2.24) is 10.2 Å². The molecule has 1 fully saturated rings. The maximum absolute atomic E-state index is 3.61. The summed E-state index contributed by atoms with van der Waals surface area (Å²) < 4.78 is 1.19. The number of thioether (sulfide) groups is 1. The third kappa shape index (κ3) is 4.26. The van der Waals surface area contributed by atoms with Gasteiger partial charge in [0.1, 0.15) is 0 Å². The molecule has 0 bridgehead atoms. The largest absolute Gasteiger partial charge is 0.309 e. The van der Waals surface area contributed by atoms with Gasteiger partial charge in [-0.2, -0.15) is 11.8 Å². The summed E-state index contributed by atoms with van der Waals surface area (Å²) in [7, 11) is 0. The van der Waals surface area contributed by atoms with E-state index in [0.29, 0.717) is 6.04 Å². The van der Waals surface area contributed by atoms with E-state index in [4.69, 9.17) is 0 Å². The maximum Gasteiger partial charge on any atom is 0.0303 e. The molecule has 2 nitrogen and oxygen atoms in total. The molecule has 1 heterocycles. The van der Waals surface area contributed by atoms with Crippen molar-refractivity contribution >= 4 is 27.7 Å². The molecule has 1 aliphatic rings. The van der Waals surface area contributed by atoms with Crippen molar-refractivity contribution in [2.24, 2.45) is 0 Å². The van der Waals surface area contributed by atoms with Crippen LogP contribution < -0.4 is 5.32 Å². The van der Waals surface area contributed by atoms with Crippen LogP contribution in [-0.4, -0.2) is 42.6 Å². The molecule has 0 radical (unpaired) electrons. The summed E-state index contributed by atoms with van der Waals surface area (Å²) in [5.74, 6) is 2.58. The molecule has 18 heavy (non-hydrogen) atoms. The molecule has 1 N–H and O–H groups in total. The van der Waals surface area contributed by atoms with Crippen molar-refractivity contribution in [2.75, 3.05) is 37.7 Å². The zero-order valence-electron chi connectivity index (χ0n) is 10.9. The van der Waals surface area contributed by atoms with Gasteiger partial charge in [0.15, 0.2) is 0 Å². The van der Waals surface area contributed by atoms with Gasteiger partial charge < -0.3 is 10.2 Å². The molecule has 2 rings (SSSR count). The van der Waals surface area contributed by atoms with Crippen molar-refractivity contribution in [2.45, 2.75) is 13.0 Å². The van der Waals surface area contributed by atoms with Crippen LogP contribution >= 0.6 is 27.7 Å². The Balaban J connectivity index is 1.74. The van der Waals surface area contributed by atoms with Crippen molar-refractivity contribution in [3.8, 4) is 0 Å². The summed E-state index contributed by atoms with van der Waals surface area (Å²) in [6.45, 7) is 6.94. The molecule has 1 unspecified atom stereocenters. The number of hydrogen-bond donors (Lipinski definition) is 1. The molecule has 1 aromatic carbocycles. The molecule has 1 aromatic rings. The van der Waals surface area contributed by atoms with Crippen molar-refractivity contribution in [3.05, 3.63) is 34.3 Å². The lowest BCUT2D eigenvalue weighted by Crippen LogP contribution is -2.38. The molecule has 0 aliphatic carbocycles. The SMILES string of the molecule is CC(NCCN1CCSCC1)c1ccccc1Br. The van der Waals surface area contributed by atoms with Gasteiger partial charge in [-0.15, -0.1) is 0 Å². The molecule has 0 amide bonds. The lowest BCUT2D eigenvalue weighted by molar-refractivity contribution is 0.296. The number of rotatable bonds is 5. The van der Waals surface area contributed by atoms with E-state index in [1.807, 2.05) is 0 Å². The van der Waals surface area contributed by atoms with Gasteiger partial charge in [0.25, 0.3) is 0 Å². The number of nitrogens with one attached hydrogen (secondary N) is 1. The van der Waals surface area contributed by atoms with Gasteiger partial charge in [-0.1, -0.05) is 34.1 Å². The fourth-order valence-corrected chi connectivity index (χ4v) is 3.81. The standard InChI is InChI=1S/C14H21BrN2S/c1-12(13-4-2-3-5-14(13)15)16-6-7-17-8-10-18-11-9-17/h2-5,12,16H,6-11H2,1H3. The molecule has 4 heteroatoms. The monoisotopic (exact) mass is 328 g/mol. The second-order valence-corrected chi connectivity index (χ2v) is 6.73. The van der Waals surface area contributed by atoms with Crippen LogP contribution in [0.1, 0.15) is 18.5 Å². The van der Waals surface area contributed by atoms with E-state index >= 15 is 0 Å². The Kier molecular flexibility index (Phi) is 6.02. The second-order valence-electron chi connectivity index (χ2n) is 4.65. The van der Waals surface area contributed by atoms with Gasteiger partial charge in [-0.3, -0.25) is 0 Å². The summed E-state index contributed by atoms with van der Waals surface area (Å²) in [5.41, 5.74) is 1.34. The first-order valence-electron chi connectivity index (χ1n) is 6.55. The summed E-state index contributed by atoms with van der Waals surface area (Å²) in [6, 6.07) is 8.85. The molecule has 0 spiro atoms. The van der Waals surface area contributed by atoms with Crippen LogP contribution in [0.2, 0.25) is 0 Å². The van der Waals surface area contributed by atoms with E-state index in [1.165, 1.54) is 34.6 Å². The molecule has 0 aromatic heterocycles. The minimum Gasteiger partial charge on any atom is -0.309 e. The van der Waals surface area contributed by atoms with Gasteiger partial charge in [-0.25, -0.2) is 0 Å². The summed E-state index contributed by atoms with van der Waals surface area (Å²) >= 11 is 5.68. The molecule has 1 saturated heterocycles. The Morgan fingerprint density at radius 2 is 2.06 bits per heavy atom. The van der Waals surface area contributed by atoms with Crippen LogP contribution in [0, 0.1) is 0 Å². The van der Waals surface area contributed by atoms with Crippen LogP contribution in [0.4, 0.5) is 0 Å². The third-order valence-corrected chi connectivity index (χ3v) is 5.02. The molecule has 0 saturated carbocycles. The van der Waals surface area contributed by atoms with Gasteiger partial charge >= 0.3 is 0 Å². The number of benzene rings is 1. The Bertz CT molecular complexity index is 367. The predicted molar refractivity (Wildman–Crippen MR) is 84.3 cm³/mol. The van der Waals surface area contributed by atoms with Crippen molar-refractivity contribution in [1.29, 1.82) is 0 Å². The van der Waals surface area contributed by atoms with E-state index in [-0.39, 0.29) is 0 Å². The van der Waals surface area contributed by atoms with E-state index in [0.717, 1.165) is 13.1 Å². The van der Waals surface area contributed by atoms with Crippen LogP contribution in [0.15, 0.2) is 28.7 Å². The summed E-state index contributed by atoms with van der Waals surface area (Å²) in [6.07, 6.45) is 0. The van der Waals surface area contributed by atoms with E-state index in [1.54, 1.807) is 0 Å². The minimum absolute atomic E-state index is 0.403. The van der Waals surface area contributed by atoms with E-state index in [2.05, 4.69) is 69.1 Å². The fourth-order valence-electron chi connectivity index (χ4n) is 2.20. The fraction of sp³-hybridized carbons (Fsp3) is 0.571. The van der Waals surface area contributed by atoms with Crippen LogP contribution in [0.25, 0.3) is 0 Å². The zero-order chi connectivity index (χ0) is 12.8. The quantitative estimate of drug-likeness (QED) is 0.893. The lowest BCUT2D eigenvalue weighted by atomic mass is 10.1. The lowest BCUT2D eigenvalue weighted by Gasteiger charge is -2.27. The average Bonchev–Trinajstić information content (AvgIpc) is 2.40. The highest BCUT2D eigenvalue weighted by Crippen LogP contribution is 2.22. The Labute approximate surface area is 123 Å². The highest BCUT2D eigenvalue weighted by Gasteiger charge is 2.11. The van der Waals surface area contributed by atoms with Crippen LogP contribution in [0.5, 0.6) is 0 Å². The smallest absolute Gasteiger partial charge is 0.0303 e. The first-order valence-corrected chi connectivity index (χ1v) is 8.50. The Hall–Kier alpha value is -0.0300. The highest BCUT2D eigenvalue weighted by atomic mass is 79.9. The predicted octanol–water partition coefficient (Wildman–Crippen LogP) is 3.15. The molecular formula is C14H21BrN2S. The molecular weight excluding hydrogens is 308 g/mol. The highest BCUT2D eigenvalue weighted by molar-refractivity contribution is 9.10. The summed E-state index contributed by atoms with van der Waals surface area (Å²) in [4.78, 5) is 2.55. The van der Waals surface area contributed by atoms with Crippen LogP contribution in [0.3, 0.4) is 0 Å².